The quantitative estimate of drug-likeness (QED) is 0.646. The van der Waals surface area contributed by atoms with Crippen LogP contribution in [0.3, 0.4) is 0 Å². The minimum Gasteiger partial charge on any atom is -0.507 e. The lowest BCUT2D eigenvalue weighted by atomic mass is 10.0. The van der Waals surface area contributed by atoms with Crippen LogP contribution in [0.25, 0.3) is 22.0 Å². The summed E-state index contributed by atoms with van der Waals surface area (Å²) < 4.78 is 23.5. The SMILES string of the molecule is CCN1CCCC(Nc2nnc(-c3ccc(S(C)(=O)=O)cc3O)c3ccccc23)C1. The van der Waals surface area contributed by atoms with Crippen molar-refractivity contribution in [2.24, 2.45) is 0 Å². The molecule has 1 fully saturated rings. The van der Waals surface area contributed by atoms with Crippen LogP contribution in [0.2, 0.25) is 0 Å². The molecule has 0 aliphatic carbocycles. The molecule has 1 saturated heterocycles. The number of aromatic nitrogens is 2. The number of sulfone groups is 1. The first-order valence-electron chi connectivity index (χ1n) is 10.1. The maximum atomic E-state index is 11.8. The number of phenols is 1. The molecule has 0 saturated carbocycles. The summed E-state index contributed by atoms with van der Waals surface area (Å²) in [5.74, 6) is 0.591. The van der Waals surface area contributed by atoms with Crippen LogP contribution in [0.15, 0.2) is 47.4 Å². The molecule has 0 amide bonds. The van der Waals surface area contributed by atoms with Crippen molar-refractivity contribution in [3.05, 3.63) is 42.5 Å². The van der Waals surface area contributed by atoms with Crippen molar-refractivity contribution in [1.82, 2.24) is 15.1 Å². The number of hydrogen-bond acceptors (Lipinski definition) is 7. The summed E-state index contributed by atoms with van der Waals surface area (Å²) in [5, 5.41) is 24.7. The van der Waals surface area contributed by atoms with E-state index in [1.165, 1.54) is 12.1 Å². The summed E-state index contributed by atoms with van der Waals surface area (Å²) in [6, 6.07) is 12.4. The Bertz CT molecular complexity index is 1180. The molecule has 0 radical (unpaired) electrons. The van der Waals surface area contributed by atoms with E-state index >= 15 is 0 Å². The Labute approximate surface area is 176 Å². The predicted molar refractivity (Wildman–Crippen MR) is 119 cm³/mol. The Hall–Kier alpha value is -2.71. The van der Waals surface area contributed by atoms with E-state index in [4.69, 9.17) is 0 Å². The van der Waals surface area contributed by atoms with Crippen molar-refractivity contribution >= 4 is 26.4 Å². The highest BCUT2D eigenvalue weighted by atomic mass is 32.2. The molecule has 1 aromatic heterocycles. The Morgan fingerprint density at radius 2 is 1.93 bits per heavy atom. The van der Waals surface area contributed by atoms with Crippen LogP contribution in [0.1, 0.15) is 19.8 Å². The molecule has 30 heavy (non-hydrogen) atoms. The molecule has 0 spiro atoms. The van der Waals surface area contributed by atoms with Gasteiger partial charge in [0.05, 0.1) is 4.90 Å². The van der Waals surface area contributed by atoms with Gasteiger partial charge in [-0.25, -0.2) is 8.42 Å². The number of hydrogen-bond donors (Lipinski definition) is 2. The summed E-state index contributed by atoms with van der Waals surface area (Å²) in [7, 11) is -3.41. The predicted octanol–water partition coefficient (Wildman–Crippen LogP) is 3.30. The second-order valence-electron chi connectivity index (χ2n) is 7.77. The Morgan fingerprint density at radius 3 is 2.63 bits per heavy atom. The molecule has 8 heteroatoms. The van der Waals surface area contributed by atoms with Gasteiger partial charge in [0, 0.05) is 35.2 Å². The third-order valence-corrected chi connectivity index (χ3v) is 6.74. The average molecular weight is 427 g/mol. The highest BCUT2D eigenvalue weighted by Crippen LogP contribution is 2.36. The first kappa shape index (κ1) is 20.6. The van der Waals surface area contributed by atoms with Crippen LogP contribution >= 0.6 is 0 Å². The number of anilines is 1. The first-order chi connectivity index (χ1) is 14.4. The zero-order valence-electron chi connectivity index (χ0n) is 17.2. The average Bonchev–Trinajstić information content (AvgIpc) is 2.74. The molecule has 1 aliphatic heterocycles. The Kier molecular flexibility index (Phi) is 5.62. The number of fused-ring (bicyclic) bond motifs is 1. The number of nitrogens with one attached hydrogen (secondary N) is 1. The first-order valence-corrected chi connectivity index (χ1v) is 12.0. The number of piperidine rings is 1. The maximum Gasteiger partial charge on any atom is 0.175 e. The Morgan fingerprint density at radius 1 is 1.17 bits per heavy atom. The van der Waals surface area contributed by atoms with Gasteiger partial charge >= 0.3 is 0 Å². The van der Waals surface area contributed by atoms with Crippen molar-refractivity contribution in [2.45, 2.75) is 30.7 Å². The molecule has 2 aromatic carbocycles. The normalized spacial score (nSPS) is 17.9. The number of phenolic OH excluding ortho intramolecular Hbond substituents is 1. The fourth-order valence-corrected chi connectivity index (χ4v) is 4.65. The molecule has 2 heterocycles. The van der Waals surface area contributed by atoms with Crippen LogP contribution in [0.4, 0.5) is 5.82 Å². The summed E-state index contributed by atoms with van der Waals surface area (Å²) >= 11 is 0. The molecule has 1 unspecified atom stereocenters. The molecule has 3 aromatic rings. The largest absolute Gasteiger partial charge is 0.507 e. The minimum absolute atomic E-state index is 0.0667. The summed E-state index contributed by atoms with van der Waals surface area (Å²) in [4.78, 5) is 2.49. The lowest BCUT2D eigenvalue weighted by molar-refractivity contribution is 0.226. The van der Waals surface area contributed by atoms with Crippen molar-refractivity contribution in [3.8, 4) is 17.0 Å². The fourth-order valence-electron chi connectivity index (χ4n) is 4.01. The number of likely N-dealkylation sites (N-methyl/N-ethyl adjacent to an activating group) is 1. The van der Waals surface area contributed by atoms with Gasteiger partial charge < -0.3 is 15.3 Å². The van der Waals surface area contributed by atoms with E-state index in [1.807, 2.05) is 24.3 Å². The summed E-state index contributed by atoms with van der Waals surface area (Å²) in [6.07, 6.45) is 3.35. The fraction of sp³-hybridized carbons (Fsp3) is 0.364. The molecule has 7 nitrogen and oxygen atoms in total. The maximum absolute atomic E-state index is 11.8. The van der Waals surface area contributed by atoms with E-state index in [2.05, 4.69) is 27.3 Å². The van der Waals surface area contributed by atoms with Crippen molar-refractivity contribution < 1.29 is 13.5 Å². The zero-order valence-corrected chi connectivity index (χ0v) is 18.0. The van der Waals surface area contributed by atoms with Gasteiger partial charge in [0.2, 0.25) is 0 Å². The molecule has 158 valence electrons. The molecular weight excluding hydrogens is 400 g/mol. The van der Waals surface area contributed by atoms with Gasteiger partial charge in [0.15, 0.2) is 15.7 Å². The number of rotatable bonds is 5. The van der Waals surface area contributed by atoms with Crippen molar-refractivity contribution in [3.63, 3.8) is 0 Å². The molecule has 0 bridgehead atoms. The lowest BCUT2D eigenvalue weighted by Crippen LogP contribution is -2.42. The van der Waals surface area contributed by atoms with Gasteiger partial charge in [-0.2, -0.15) is 0 Å². The summed E-state index contributed by atoms with van der Waals surface area (Å²) in [5.41, 5.74) is 0.972. The number of benzene rings is 2. The number of nitrogens with zero attached hydrogens (tertiary/aromatic N) is 3. The van der Waals surface area contributed by atoms with E-state index in [1.54, 1.807) is 6.07 Å². The van der Waals surface area contributed by atoms with Gasteiger partial charge in [-0.3, -0.25) is 0 Å². The highest BCUT2D eigenvalue weighted by Gasteiger charge is 2.21. The van der Waals surface area contributed by atoms with Gasteiger partial charge in [0.1, 0.15) is 11.4 Å². The molecule has 1 atom stereocenters. The van der Waals surface area contributed by atoms with Gasteiger partial charge in [-0.05, 0) is 44.1 Å². The standard InChI is InChI=1S/C22H26N4O3S/c1-3-26-12-6-7-15(14-26)23-22-18-9-5-4-8-17(18)21(24-25-22)19-11-10-16(13-20(19)27)30(2,28)29/h4-5,8-11,13,15,27H,3,6-7,12,14H2,1-2H3,(H,23,25). The minimum atomic E-state index is -3.41. The smallest absolute Gasteiger partial charge is 0.175 e. The summed E-state index contributed by atoms with van der Waals surface area (Å²) in [6.45, 7) is 5.31. The second-order valence-corrected chi connectivity index (χ2v) is 9.79. The highest BCUT2D eigenvalue weighted by molar-refractivity contribution is 7.90. The monoisotopic (exact) mass is 426 g/mol. The topological polar surface area (TPSA) is 95.4 Å². The Balaban J connectivity index is 1.73. The van der Waals surface area contributed by atoms with Crippen LogP contribution in [0, 0.1) is 0 Å². The number of likely N-dealkylation sites (tertiary alicyclic amines) is 1. The van der Waals surface area contributed by atoms with Gasteiger partial charge in [0.25, 0.3) is 0 Å². The van der Waals surface area contributed by atoms with Crippen molar-refractivity contribution in [1.29, 1.82) is 0 Å². The molecular formula is C22H26N4O3S. The van der Waals surface area contributed by atoms with Crippen LogP contribution in [-0.4, -0.2) is 60.6 Å². The van der Waals surface area contributed by atoms with E-state index in [0.29, 0.717) is 17.3 Å². The van der Waals surface area contributed by atoms with Gasteiger partial charge in [-0.1, -0.05) is 31.2 Å². The molecule has 1 aliphatic rings. The third-order valence-electron chi connectivity index (χ3n) is 5.63. The zero-order chi connectivity index (χ0) is 21.3. The van der Waals surface area contributed by atoms with Crippen LogP contribution in [-0.2, 0) is 9.84 Å². The van der Waals surface area contributed by atoms with E-state index < -0.39 is 9.84 Å². The number of aromatic hydroxyl groups is 1. The molecule has 4 rings (SSSR count). The lowest BCUT2D eigenvalue weighted by Gasteiger charge is -2.32. The van der Waals surface area contributed by atoms with Crippen LogP contribution in [0.5, 0.6) is 5.75 Å². The molecule has 2 N–H and O–H groups in total. The van der Waals surface area contributed by atoms with Crippen LogP contribution < -0.4 is 5.32 Å². The van der Waals surface area contributed by atoms with Gasteiger partial charge in [-0.15, -0.1) is 10.2 Å². The second kappa shape index (κ2) is 8.20. The van der Waals surface area contributed by atoms with Crippen molar-refractivity contribution in [2.75, 3.05) is 31.2 Å². The van der Waals surface area contributed by atoms with E-state index in [-0.39, 0.29) is 10.6 Å². The third kappa shape index (κ3) is 4.11. The van der Waals surface area contributed by atoms with E-state index in [0.717, 1.165) is 55.3 Å². The van der Waals surface area contributed by atoms with E-state index in [9.17, 15) is 13.5 Å².